The normalized spacial score (nSPS) is 18.7. The van der Waals surface area contributed by atoms with E-state index < -0.39 is 0 Å². The first-order chi connectivity index (χ1) is 5.79. The molecule has 0 aromatic carbocycles. The van der Waals surface area contributed by atoms with Crippen LogP contribution in [0.5, 0.6) is 0 Å². The van der Waals surface area contributed by atoms with Crippen molar-refractivity contribution in [1.82, 2.24) is 0 Å². The number of nitrogens with two attached hydrogens (primary N) is 1. The average molecular weight is 206 g/mol. The van der Waals surface area contributed by atoms with E-state index in [-0.39, 0.29) is 12.4 Å². The third-order valence-corrected chi connectivity index (χ3v) is 4.04. The Morgan fingerprint density at radius 1 is 1.15 bits per heavy atom. The topological polar surface area (TPSA) is 26.0 Å². The molecule has 0 radical (unpaired) electrons. The first-order valence-corrected chi connectivity index (χ1v) is 5.49. The summed E-state index contributed by atoms with van der Waals surface area (Å²) in [5.74, 6) is 0.928. The monoisotopic (exact) mass is 205 g/mol. The summed E-state index contributed by atoms with van der Waals surface area (Å²) in [7, 11) is 0. The molecule has 0 saturated heterocycles. The van der Waals surface area contributed by atoms with Crippen molar-refractivity contribution in [2.24, 2.45) is 17.1 Å². The van der Waals surface area contributed by atoms with E-state index >= 15 is 0 Å². The molecule has 1 nitrogen and oxygen atoms in total. The molecular weight excluding hydrogens is 182 g/mol. The highest BCUT2D eigenvalue weighted by Crippen LogP contribution is 2.43. The fourth-order valence-corrected chi connectivity index (χ4v) is 2.82. The first-order valence-electron chi connectivity index (χ1n) is 5.49. The van der Waals surface area contributed by atoms with Crippen LogP contribution in [-0.2, 0) is 0 Å². The van der Waals surface area contributed by atoms with Crippen LogP contribution >= 0.6 is 12.4 Å². The van der Waals surface area contributed by atoms with Gasteiger partial charge in [-0.25, -0.2) is 0 Å². The zero-order valence-electron chi connectivity index (χ0n) is 9.01. The lowest BCUT2D eigenvalue weighted by atomic mass is 9.70. The summed E-state index contributed by atoms with van der Waals surface area (Å²) >= 11 is 0. The Morgan fingerprint density at radius 3 is 1.92 bits per heavy atom. The van der Waals surface area contributed by atoms with Gasteiger partial charge in [0.25, 0.3) is 0 Å². The van der Waals surface area contributed by atoms with Crippen molar-refractivity contribution in [2.75, 3.05) is 6.54 Å². The molecule has 1 saturated carbocycles. The van der Waals surface area contributed by atoms with Crippen LogP contribution in [0.3, 0.4) is 0 Å². The van der Waals surface area contributed by atoms with Crippen LogP contribution in [-0.4, -0.2) is 6.54 Å². The average Bonchev–Trinajstić information content (AvgIpc) is 2.62. The first kappa shape index (κ1) is 13.2. The molecular formula is C11H24ClN. The zero-order chi connectivity index (χ0) is 9.03. The molecule has 0 heterocycles. The second-order valence-electron chi connectivity index (χ2n) is 4.25. The summed E-state index contributed by atoms with van der Waals surface area (Å²) < 4.78 is 0. The van der Waals surface area contributed by atoms with Crippen LogP contribution in [0.2, 0.25) is 0 Å². The van der Waals surface area contributed by atoms with E-state index in [1.807, 2.05) is 0 Å². The smallest absolute Gasteiger partial charge is 0.00181 e. The molecule has 80 valence electrons. The molecule has 1 fully saturated rings. The van der Waals surface area contributed by atoms with E-state index in [0.717, 1.165) is 12.5 Å². The quantitative estimate of drug-likeness (QED) is 0.749. The van der Waals surface area contributed by atoms with Gasteiger partial charge in [0.1, 0.15) is 0 Å². The minimum Gasteiger partial charge on any atom is -0.330 e. The van der Waals surface area contributed by atoms with Gasteiger partial charge in [-0.3, -0.25) is 0 Å². The Kier molecular flexibility index (Phi) is 5.98. The maximum atomic E-state index is 5.91. The van der Waals surface area contributed by atoms with Crippen LogP contribution in [0.25, 0.3) is 0 Å². The third-order valence-electron chi connectivity index (χ3n) is 4.04. The fraction of sp³-hybridized carbons (Fsp3) is 1.00. The van der Waals surface area contributed by atoms with Gasteiger partial charge in [0.05, 0.1) is 0 Å². The Hall–Kier alpha value is 0.250. The minimum atomic E-state index is 0. The van der Waals surface area contributed by atoms with Gasteiger partial charge in [0, 0.05) is 0 Å². The maximum Gasteiger partial charge on any atom is -0.00181 e. The summed E-state index contributed by atoms with van der Waals surface area (Å²) in [4.78, 5) is 0. The summed E-state index contributed by atoms with van der Waals surface area (Å²) in [5.41, 5.74) is 6.39. The second kappa shape index (κ2) is 5.87. The molecule has 1 rings (SSSR count). The molecule has 0 atom stereocenters. The van der Waals surface area contributed by atoms with Crippen LogP contribution in [0, 0.1) is 11.3 Å². The number of hydrogen-bond donors (Lipinski definition) is 1. The van der Waals surface area contributed by atoms with E-state index in [1.165, 1.54) is 38.5 Å². The van der Waals surface area contributed by atoms with Gasteiger partial charge < -0.3 is 5.73 Å². The van der Waals surface area contributed by atoms with E-state index in [2.05, 4.69) is 13.8 Å². The van der Waals surface area contributed by atoms with Gasteiger partial charge in [-0.05, 0) is 43.6 Å². The summed E-state index contributed by atoms with van der Waals surface area (Å²) in [6, 6.07) is 0. The van der Waals surface area contributed by atoms with Crippen molar-refractivity contribution in [3.63, 3.8) is 0 Å². The summed E-state index contributed by atoms with van der Waals surface area (Å²) in [5, 5.41) is 0. The number of rotatable bonds is 4. The summed E-state index contributed by atoms with van der Waals surface area (Å²) in [6.07, 6.45) is 8.27. The SMILES string of the molecule is CCC(CC)(CN)C1CCCC1.Cl. The molecule has 0 aromatic heterocycles. The van der Waals surface area contributed by atoms with Crippen LogP contribution in [0.4, 0.5) is 0 Å². The lowest BCUT2D eigenvalue weighted by Crippen LogP contribution is -2.35. The Labute approximate surface area is 88.9 Å². The molecule has 2 N–H and O–H groups in total. The molecule has 1 aliphatic rings. The minimum absolute atomic E-state index is 0. The van der Waals surface area contributed by atoms with Gasteiger partial charge in [-0.15, -0.1) is 12.4 Å². The fourth-order valence-electron chi connectivity index (χ4n) is 2.82. The van der Waals surface area contributed by atoms with Crippen LogP contribution in [0.1, 0.15) is 52.4 Å². The second-order valence-corrected chi connectivity index (χ2v) is 4.25. The molecule has 0 unspecified atom stereocenters. The standard InChI is InChI=1S/C11H23N.ClH/c1-3-11(4-2,9-12)10-7-5-6-8-10;/h10H,3-9,12H2,1-2H3;1H. The van der Waals surface area contributed by atoms with E-state index in [1.54, 1.807) is 0 Å². The number of hydrogen-bond acceptors (Lipinski definition) is 1. The predicted octanol–water partition coefficient (Wildman–Crippen LogP) is 3.36. The van der Waals surface area contributed by atoms with Crippen LogP contribution < -0.4 is 5.73 Å². The van der Waals surface area contributed by atoms with Crippen molar-refractivity contribution in [3.05, 3.63) is 0 Å². The van der Waals surface area contributed by atoms with Gasteiger partial charge in [0.2, 0.25) is 0 Å². The molecule has 0 aliphatic heterocycles. The largest absolute Gasteiger partial charge is 0.330 e. The van der Waals surface area contributed by atoms with Gasteiger partial charge >= 0.3 is 0 Å². The summed E-state index contributed by atoms with van der Waals surface area (Å²) in [6.45, 7) is 5.49. The highest BCUT2D eigenvalue weighted by atomic mass is 35.5. The lowest BCUT2D eigenvalue weighted by Gasteiger charge is -2.36. The lowest BCUT2D eigenvalue weighted by molar-refractivity contribution is 0.156. The molecule has 13 heavy (non-hydrogen) atoms. The van der Waals surface area contributed by atoms with Crippen molar-refractivity contribution in [2.45, 2.75) is 52.4 Å². The van der Waals surface area contributed by atoms with E-state index in [4.69, 9.17) is 5.73 Å². The van der Waals surface area contributed by atoms with E-state index in [9.17, 15) is 0 Å². The Morgan fingerprint density at radius 2 is 1.62 bits per heavy atom. The van der Waals surface area contributed by atoms with Gasteiger partial charge in [-0.1, -0.05) is 26.7 Å². The highest BCUT2D eigenvalue weighted by Gasteiger charge is 2.35. The predicted molar refractivity (Wildman–Crippen MR) is 61.3 cm³/mol. The number of halogens is 1. The van der Waals surface area contributed by atoms with Gasteiger partial charge in [0.15, 0.2) is 0 Å². The van der Waals surface area contributed by atoms with Crippen molar-refractivity contribution in [1.29, 1.82) is 0 Å². The maximum absolute atomic E-state index is 5.91. The van der Waals surface area contributed by atoms with Crippen molar-refractivity contribution in [3.8, 4) is 0 Å². The van der Waals surface area contributed by atoms with Gasteiger partial charge in [-0.2, -0.15) is 0 Å². The van der Waals surface area contributed by atoms with E-state index in [0.29, 0.717) is 5.41 Å². The van der Waals surface area contributed by atoms with Crippen LogP contribution in [0.15, 0.2) is 0 Å². The highest BCUT2D eigenvalue weighted by molar-refractivity contribution is 5.85. The van der Waals surface area contributed by atoms with Crippen molar-refractivity contribution < 1.29 is 0 Å². The molecule has 0 spiro atoms. The molecule has 1 aliphatic carbocycles. The molecule has 2 heteroatoms. The molecule has 0 bridgehead atoms. The zero-order valence-corrected chi connectivity index (χ0v) is 9.83. The molecule has 0 aromatic rings. The Balaban J connectivity index is 0.00000144. The third kappa shape index (κ3) is 2.60. The Bertz CT molecular complexity index is 118. The molecule has 0 amide bonds. The van der Waals surface area contributed by atoms with Crippen molar-refractivity contribution >= 4 is 12.4 Å².